The molecule has 2 N–H and O–H groups in total. The van der Waals surface area contributed by atoms with Gasteiger partial charge in [0, 0.05) is 12.5 Å². The van der Waals surface area contributed by atoms with E-state index in [1.54, 1.807) is 0 Å². The van der Waals surface area contributed by atoms with Crippen molar-refractivity contribution in [2.45, 2.75) is 72.4 Å². The van der Waals surface area contributed by atoms with Crippen LogP contribution in [-0.2, 0) is 13.1 Å². The van der Waals surface area contributed by atoms with Crippen molar-refractivity contribution in [2.75, 3.05) is 0 Å². The molecule has 0 bridgehead atoms. The molecule has 0 saturated heterocycles. The molecule has 0 aromatic carbocycles. The molecule has 1 aromatic heterocycles. The number of hydrogen-bond donors (Lipinski definition) is 1. The average molecular weight is 264 g/mol. The molecule has 1 fully saturated rings. The van der Waals surface area contributed by atoms with Gasteiger partial charge in [-0.25, -0.2) is 0 Å². The van der Waals surface area contributed by atoms with E-state index in [0.717, 1.165) is 24.1 Å². The first kappa shape index (κ1) is 14.5. The maximum Gasteiger partial charge on any atom is 0.146 e. The van der Waals surface area contributed by atoms with E-state index in [-0.39, 0.29) is 0 Å². The van der Waals surface area contributed by atoms with E-state index in [2.05, 4.69) is 42.5 Å². The van der Waals surface area contributed by atoms with Gasteiger partial charge in [-0.2, -0.15) is 0 Å². The summed E-state index contributed by atoms with van der Waals surface area (Å²) in [7, 11) is 0. The van der Waals surface area contributed by atoms with Gasteiger partial charge in [0.25, 0.3) is 0 Å². The molecule has 0 amide bonds. The lowest BCUT2D eigenvalue weighted by Crippen LogP contribution is -2.26. The molecule has 19 heavy (non-hydrogen) atoms. The zero-order chi connectivity index (χ0) is 14.0. The van der Waals surface area contributed by atoms with Gasteiger partial charge in [0.15, 0.2) is 0 Å². The topological polar surface area (TPSA) is 56.7 Å². The van der Waals surface area contributed by atoms with Crippen molar-refractivity contribution in [3.05, 3.63) is 11.6 Å². The Kier molecular flexibility index (Phi) is 4.29. The molecule has 0 atom stereocenters. The van der Waals surface area contributed by atoms with Gasteiger partial charge in [-0.1, -0.05) is 20.8 Å². The van der Waals surface area contributed by atoms with Gasteiger partial charge in [0.2, 0.25) is 0 Å². The third-order valence-corrected chi connectivity index (χ3v) is 4.67. The summed E-state index contributed by atoms with van der Waals surface area (Å²) in [5.41, 5.74) is 6.16. The molecule has 1 heterocycles. The van der Waals surface area contributed by atoms with Crippen molar-refractivity contribution in [3.8, 4) is 0 Å². The van der Waals surface area contributed by atoms with Crippen molar-refractivity contribution in [1.29, 1.82) is 0 Å². The maximum absolute atomic E-state index is 5.72. The van der Waals surface area contributed by atoms with Crippen molar-refractivity contribution in [3.63, 3.8) is 0 Å². The monoisotopic (exact) mass is 264 g/mol. The van der Waals surface area contributed by atoms with Gasteiger partial charge in [-0.15, -0.1) is 10.2 Å². The van der Waals surface area contributed by atoms with Crippen LogP contribution in [0.4, 0.5) is 0 Å². The Morgan fingerprint density at radius 3 is 2.26 bits per heavy atom. The van der Waals surface area contributed by atoms with Crippen LogP contribution in [0.2, 0.25) is 0 Å². The third kappa shape index (κ3) is 2.99. The summed E-state index contributed by atoms with van der Waals surface area (Å²) in [6.45, 7) is 10.6. The molecule has 0 spiro atoms. The number of hydrogen-bond acceptors (Lipinski definition) is 3. The summed E-state index contributed by atoms with van der Waals surface area (Å²) in [5, 5.41) is 8.64. The van der Waals surface area contributed by atoms with Gasteiger partial charge < -0.3 is 10.3 Å². The fourth-order valence-corrected chi connectivity index (χ4v) is 3.36. The predicted molar refractivity (Wildman–Crippen MR) is 77.7 cm³/mol. The van der Waals surface area contributed by atoms with Crippen molar-refractivity contribution in [2.24, 2.45) is 17.1 Å². The summed E-state index contributed by atoms with van der Waals surface area (Å²) >= 11 is 0. The first-order valence-electron chi connectivity index (χ1n) is 7.59. The lowest BCUT2D eigenvalue weighted by Gasteiger charge is -2.36. The Morgan fingerprint density at radius 1 is 1.16 bits per heavy atom. The SMILES string of the molecule is CCn1c(CN)nnc1C1CCC(C(C)(C)C)CC1. The van der Waals surface area contributed by atoms with Crippen LogP contribution in [0.25, 0.3) is 0 Å². The first-order valence-corrected chi connectivity index (χ1v) is 7.59. The van der Waals surface area contributed by atoms with E-state index in [0.29, 0.717) is 17.9 Å². The molecule has 108 valence electrons. The number of aromatic nitrogens is 3. The Balaban J connectivity index is 2.08. The molecular formula is C15H28N4. The predicted octanol–water partition coefficient (Wildman–Crippen LogP) is 3.08. The van der Waals surface area contributed by atoms with E-state index in [1.165, 1.54) is 25.7 Å². The third-order valence-electron chi connectivity index (χ3n) is 4.67. The zero-order valence-corrected chi connectivity index (χ0v) is 12.8. The zero-order valence-electron chi connectivity index (χ0n) is 12.8. The second-order valence-electron chi connectivity index (χ2n) is 6.84. The van der Waals surface area contributed by atoms with Crippen molar-refractivity contribution in [1.82, 2.24) is 14.8 Å². The summed E-state index contributed by atoms with van der Waals surface area (Å²) in [4.78, 5) is 0. The normalized spacial score (nSPS) is 24.7. The first-order chi connectivity index (χ1) is 8.97. The fraction of sp³-hybridized carbons (Fsp3) is 0.867. The molecule has 2 rings (SSSR count). The molecule has 0 aliphatic heterocycles. The molecule has 1 aliphatic rings. The number of rotatable bonds is 3. The van der Waals surface area contributed by atoms with E-state index in [9.17, 15) is 0 Å². The Labute approximate surface area is 116 Å². The maximum atomic E-state index is 5.72. The minimum Gasteiger partial charge on any atom is -0.324 e. The highest BCUT2D eigenvalue weighted by Gasteiger charge is 2.32. The highest BCUT2D eigenvalue weighted by molar-refractivity contribution is 5.04. The lowest BCUT2D eigenvalue weighted by atomic mass is 9.69. The smallest absolute Gasteiger partial charge is 0.146 e. The molecule has 0 radical (unpaired) electrons. The van der Waals surface area contributed by atoms with Gasteiger partial charge >= 0.3 is 0 Å². The Bertz CT molecular complexity index is 408. The Hall–Kier alpha value is -0.900. The van der Waals surface area contributed by atoms with Gasteiger partial charge in [0.1, 0.15) is 11.6 Å². The summed E-state index contributed by atoms with van der Waals surface area (Å²) in [6.07, 6.45) is 5.10. The standard InChI is InChI=1S/C15H28N4/c1-5-19-13(10-16)17-18-14(19)11-6-8-12(9-7-11)15(2,3)4/h11-12H,5-10,16H2,1-4H3. The second-order valence-corrected chi connectivity index (χ2v) is 6.84. The average Bonchev–Trinajstić information content (AvgIpc) is 2.80. The van der Waals surface area contributed by atoms with Crippen LogP contribution < -0.4 is 5.73 Å². The highest BCUT2D eigenvalue weighted by atomic mass is 15.3. The van der Waals surface area contributed by atoms with E-state index in [1.807, 2.05) is 0 Å². The van der Waals surface area contributed by atoms with Crippen LogP contribution in [-0.4, -0.2) is 14.8 Å². The van der Waals surface area contributed by atoms with E-state index in [4.69, 9.17) is 5.73 Å². The minimum absolute atomic E-state index is 0.436. The second kappa shape index (κ2) is 5.61. The molecule has 0 unspecified atom stereocenters. The molecule has 4 nitrogen and oxygen atoms in total. The van der Waals surface area contributed by atoms with Crippen molar-refractivity contribution >= 4 is 0 Å². The van der Waals surface area contributed by atoms with Crippen LogP contribution in [0, 0.1) is 11.3 Å². The van der Waals surface area contributed by atoms with Crippen molar-refractivity contribution < 1.29 is 0 Å². The lowest BCUT2D eigenvalue weighted by molar-refractivity contribution is 0.166. The highest BCUT2D eigenvalue weighted by Crippen LogP contribution is 2.42. The van der Waals surface area contributed by atoms with Crippen LogP contribution in [0.1, 0.15) is 70.9 Å². The fourth-order valence-electron chi connectivity index (χ4n) is 3.36. The number of nitrogens with zero attached hydrogens (tertiary/aromatic N) is 3. The molecule has 1 saturated carbocycles. The van der Waals surface area contributed by atoms with Crippen LogP contribution in [0.3, 0.4) is 0 Å². The van der Waals surface area contributed by atoms with Gasteiger partial charge in [0.05, 0.1) is 6.54 Å². The molecule has 1 aromatic rings. The Morgan fingerprint density at radius 2 is 1.79 bits per heavy atom. The summed E-state index contributed by atoms with van der Waals surface area (Å²) in [5.74, 6) is 3.51. The van der Waals surface area contributed by atoms with Gasteiger partial charge in [-0.05, 0) is 43.9 Å². The van der Waals surface area contributed by atoms with Crippen LogP contribution in [0.5, 0.6) is 0 Å². The van der Waals surface area contributed by atoms with Crippen LogP contribution >= 0.6 is 0 Å². The molecule has 4 heteroatoms. The van der Waals surface area contributed by atoms with E-state index < -0.39 is 0 Å². The number of nitrogens with two attached hydrogens (primary N) is 1. The molecular weight excluding hydrogens is 236 g/mol. The minimum atomic E-state index is 0.436. The summed E-state index contributed by atoms with van der Waals surface area (Å²) in [6, 6.07) is 0. The molecule has 1 aliphatic carbocycles. The van der Waals surface area contributed by atoms with Crippen LogP contribution in [0.15, 0.2) is 0 Å². The quantitative estimate of drug-likeness (QED) is 0.912. The van der Waals surface area contributed by atoms with E-state index >= 15 is 0 Å². The van der Waals surface area contributed by atoms with Gasteiger partial charge in [-0.3, -0.25) is 0 Å². The largest absolute Gasteiger partial charge is 0.324 e. The summed E-state index contributed by atoms with van der Waals surface area (Å²) < 4.78 is 2.21.